The third-order valence-corrected chi connectivity index (χ3v) is 12.1. The van der Waals surface area contributed by atoms with Gasteiger partial charge in [0.1, 0.15) is 0 Å². The minimum absolute atomic E-state index is 0.0367. The van der Waals surface area contributed by atoms with E-state index < -0.39 is 42.3 Å². The number of unbranched alkanes of at least 4 members (excludes halogenated alkanes) is 1. The van der Waals surface area contributed by atoms with E-state index in [1.54, 1.807) is 14.2 Å². The second-order valence-corrected chi connectivity index (χ2v) is 24.9. The predicted molar refractivity (Wildman–Crippen MR) is 180 cm³/mol. The Morgan fingerprint density at radius 3 is 2.47 bits per heavy atom. The van der Waals surface area contributed by atoms with Crippen molar-refractivity contribution in [3.63, 3.8) is 0 Å². The van der Waals surface area contributed by atoms with Crippen LogP contribution < -0.4 is 42.3 Å². The van der Waals surface area contributed by atoms with E-state index in [0.29, 0.717) is 42.5 Å². The van der Waals surface area contributed by atoms with Crippen molar-refractivity contribution in [1.29, 1.82) is 0 Å². The van der Waals surface area contributed by atoms with Crippen molar-refractivity contribution in [2.75, 3.05) is 60.3 Å². The average Bonchev–Trinajstić information content (AvgIpc) is 3.65. The van der Waals surface area contributed by atoms with Crippen molar-refractivity contribution < 1.29 is 52.1 Å². The van der Waals surface area contributed by atoms with Crippen molar-refractivity contribution in [3.05, 3.63) is 77.4 Å². The van der Waals surface area contributed by atoms with Gasteiger partial charge in [-0.2, -0.15) is 0 Å². The van der Waals surface area contributed by atoms with Gasteiger partial charge in [0.2, 0.25) is 12.5 Å². The molecule has 0 radical (unpaired) electrons. The second-order valence-electron chi connectivity index (χ2n) is 13.1. The summed E-state index contributed by atoms with van der Waals surface area (Å²) in [6.07, 6.45) is 2.23. The zero-order valence-electron chi connectivity index (χ0n) is 28.3. The van der Waals surface area contributed by atoms with Crippen molar-refractivity contribution in [3.8, 4) is 23.0 Å². The summed E-state index contributed by atoms with van der Waals surface area (Å²) < 4.78 is 23.7. The quantitative estimate of drug-likeness (QED) is 0.198. The average molecular weight is 760 g/mol. The van der Waals surface area contributed by atoms with Crippen LogP contribution in [-0.2, 0) is 20.4 Å². The van der Waals surface area contributed by atoms with Gasteiger partial charge in [-0.25, -0.2) is 0 Å². The first-order valence-corrected chi connectivity index (χ1v) is 24.0. The van der Waals surface area contributed by atoms with Crippen LogP contribution in [-0.4, -0.2) is 83.4 Å². The number of carbonyl (C=O) groups excluding carboxylic acids is 1. The molecule has 3 aromatic carbocycles. The van der Waals surface area contributed by atoms with Crippen LogP contribution in [0.25, 0.3) is 0 Å². The summed E-state index contributed by atoms with van der Waals surface area (Å²) in [5.41, 5.74) is 3.84. The number of amides is 1. The van der Waals surface area contributed by atoms with Crippen molar-refractivity contribution in [2.24, 2.45) is 5.92 Å². The van der Waals surface area contributed by atoms with Gasteiger partial charge in [0.15, 0.2) is 11.5 Å². The first-order chi connectivity index (χ1) is 22.5. The van der Waals surface area contributed by atoms with Crippen LogP contribution in [0.5, 0.6) is 23.0 Å². The molecule has 5 rings (SSSR count). The fourth-order valence-electron chi connectivity index (χ4n) is 6.79. The topological polar surface area (TPSA) is 97.8 Å². The van der Waals surface area contributed by atoms with Gasteiger partial charge in [-0.1, -0.05) is 12.1 Å². The number of methoxy groups -OCH3 is 2. The van der Waals surface area contributed by atoms with E-state index in [2.05, 4.69) is 38.7 Å². The van der Waals surface area contributed by atoms with E-state index in [4.69, 9.17) is 18.9 Å². The number of para-hydroxylation sites is 1. The third kappa shape index (κ3) is 8.14. The summed E-state index contributed by atoms with van der Waals surface area (Å²) in [5.74, 6) is 0.0692. The first-order valence-electron chi connectivity index (χ1n) is 16.0. The maximum absolute atomic E-state index is 14.4. The number of likely N-dealkylation sites (tertiary alicyclic amines) is 1. The summed E-state index contributed by atoms with van der Waals surface area (Å²) in [6.45, 7) is 3.27. The minimum atomic E-state index is -1.80. The fourth-order valence-corrected chi connectivity index (χ4v) is 9.91. The molecule has 1 fully saturated rings. The van der Waals surface area contributed by atoms with Gasteiger partial charge in [-0.3, -0.25) is 0 Å². The Hall–Kier alpha value is -3.51. The van der Waals surface area contributed by atoms with Crippen molar-refractivity contribution >= 4 is 17.6 Å². The molecular formula is C37H48IN2O7-. The number of carbonyl (C=O) groups is 2. The molecule has 2 aliphatic rings. The number of ether oxygens (including phenoxy) is 4. The van der Waals surface area contributed by atoms with Crippen LogP contribution in [0.3, 0.4) is 0 Å². The van der Waals surface area contributed by atoms with Gasteiger partial charge in [-0.05, 0) is 6.07 Å². The molecule has 0 bridgehead atoms. The number of rotatable bonds is 14. The molecule has 0 aliphatic carbocycles. The molecule has 0 aromatic heterocycles. The summed E-state index contributed by atoms with van der Waals surface area (Å²) in [6, 6.07) is 19.3. The summed E-state index contributed by atoms with van der Waals surface area (Å²) in [7, 11) is 3.18. The van der Waals surface area contributed by atoms with E-state index in [1.807, 2.05) is 53.4 Å². The number of carboxylic acid groups (broad SMARTS) is 1. The number of carboxylic acids is 1. The monoisotopic (exact) mass is 759 g/mol. The molecular weight excluding hydrogens is 711 g/mol. The number of alkyl halides is 4. The molecule has 2 heterocycles. The molecule has 2 aliphatic heterocycles. The molecule has 0 unspecified atom stereocenters. The molecule has 0 spiro atoms. The molecule has 3 aromatic rings. The van der Waals surface area contributed by atoms with Crippen LogP contribution in [0.4, 0.5) is 5.69 Å². The normalized spacial score (nSPS) is 19.4. The zero-order chi connectivity index (χ0) is 33.7. The van der Waals surface area contributed by atoms with Crippen LogP contribution in [0.1, 0.15) is 42.4 Å². The van der Waals surface area contributed by atoms with E-state index in [1.165, 1.54) is 5.56 Å². The van der Waals surface area contributed by atoms with E-state index >= 15 is 0 Å². The number of anilines is 1. The Morgan fingerprint density at radius 1 is 1.00 bits per heavy atom. The van der Waals surface area contributed by atoms with Crippen LogP contribution in [0.2, 0.25) is 0 Å². The van der Waals surface area contributed by atoms with Crippen LogP contribution in [0, 0.1) is 5.92 Å². The molecule has 9 nitrogen and oxygen atoms in total. The number of nitrogens with zero attached hydrogens (tertiary/aromatic N) is 2. The van der Waals surface area contributed by atoms with Crippen molar-refractivity contribution in [1.82, 2.24) is 4.90 Å². The molecule has 0 saturated carbocycles. The van der Waals surface area contributed by atoms with E-state index in [0.717, 1.165) is 34.1 Å². The van der Waals surface area contributed by atoms with Gasteiger partial charge in [0, 0.05) is 0 Å². The second kappa shape index (κ2) is 15.1. The van der Waals surface area contributed by atoms with Gasteiger partial charge < -0.3 is 18.9 Å². The van der Waals surface area contributed by atoms with Gasteiger partial charge in [0.05, 0.1) is 14.2 Å². The maximum atomic E-state index is 14.4. The fraction of sp³-hybridized carbons (Fsp3) is 0.459. The van der Waals surface area contributed by atoms with Gasteiger partial charge in [0.25, 0.3) is 0 Å². The SMILES string of the molecule is CCCCN(C(=O)CN1C[C@H](c2cc(OC)c3c(c2)OCO3)[C@@H](C(=O)O)[C@@H]1Cc1ccccc1OC)c1cccc(C[I-](C)(C)C)c1. The molecule has 1 saturated heterocycles. The molecule has 256 valence electrons. The Bertz CT molecular complexity index is 1570. The third-order valence-electron chi connectivity index (χ3n) is 8.92. The zero-order valence-corrected chi connectivity index (χ0v) is 30.5. The number of benzene rings is 3. The molecule has 1 amide bonds. The predicted octanol–water partition coefficient (Wildman–Crippen LogP) is 2.53. The standard InChI is InChI=1S/C37H48IN2O7/c1-7-8-16-40(28-14-11-12-25(17-28)21-38(2,3)4)34(41)23-39-22-29(27-19-32(45-6)36-33(20-27)46-24-47-36)35(37(42)43)30(39)18-26-13-9-10-15-31(26)44-5/h9-15,17,19-20,29-30,35H,7-8,16,18,21-24H2,1-6H3,(H,42,43)/q-1/t29-,30+,35-/m1/s1. The number of aliphatic carboxylic acids is 1. The molecule has 1 N–H and O–H groups in total. The summed E-state index contributed by atoms with van der Waals surface area (Å²) in [4.78, 5) is 38.7. The Balaban J connectivity index is 1.52. The van der Waals surface area contributed by atoms with Crippen molar-refractivity contribution in [2.45, 2.75) is 42.6 Å². The molecule has 10 heteroatoms. The number of hydrogen-bond donors (Lipinski definition) is 1. The summed E-state index contributed by atoms with van der Waals surface area (Å²) >= 11 is -1.80. The first kappa shape index (κ1) is 34.8. The Labute approximate surface area is 282 Å². The van der Waals surface area contributed by atoms with Gasteiger partial charge >= 0.3 is 208 Å². The number of halogens is 1. The molecule has 3 atom stereocenters. The Kier molecular flexibility index (Phi) is 11.2. The summed E-state index contributed by atoms with van der Waals surface area (Å²) in [5, 5.41) is 10.8. The van der Waals surface area contributed by atoms with Gasteiger partial charge in [-0.15, -0.1) is 0 Å². The molecule has 47 heavy (non-hydrogen) atoms. The number of fused-ring (bicyclic) bond motifs is 1. The number of hydrogen-bond acceptors (Lipinski definition) is 7. The van der Waals surface area contributed by atoms with Crippen LogP contribution >= 0.6 is 0 Å². The van der Waals surface area contributed by atoms with E-state index in [9.17, 15) is 14.7 Å². The van der Waals surface area contributed by atoms with Crippen LogP contribution in [0.15, 0.2) is 60.7 Å². The Morgan fingerprint density at radius 2 is 1.77 bits per heavy atom. The van der Waals surface area contributed by atoms with E-state index in [-0.39, 0.29) is 19.2 Å².